The second-order valence-electron chi connectivity index (χ2n) is 2.71. The van der Waals surface area contributed by atoms with Crippen molar-refractivity contribution in [3.05, 3.63) is 33.1 Å². The van der Waals surface area contributed by atoms with Gasteiger partial charge >= 0.3 is 0 Å². The van der Waals surface area contributed by atoms with Crippen molar-refractivity contribution in [2.75, 3.05) is 0 Å². The highest BCUT2D eigenvalue weighted by Crippen LogP contribution is 2.31. The van der Waals surface area contributed by atoms with E-state index in [-0.39, 0.29) is 5.69 Å². The maximum Gasteiger partial charge on any atom is 0.283 e. The lowest BCUT2D eigenvalue weighted by atomic mass is 10.1. The van der Waals surface area contributed by atoms with Gasteiger partial charge in [0.2, 0.25) is 0 Å². The zero-order valence-electron chi connectivity index (χ0n) is 7.57. The normalized spacial score (nSPS) is 10.1. The smallest absolute Gasteiger partial charge is 0.258 e. The van der Waals surface area contributed by atoms with Gasteiger partial charge in [-0.25, -0.2) is 13.8 Å². The van der Waals surface area contributed by atoms with Crippen molar-refractivity contribution >= 4 is 5.69 Å². The van der Waals surface area contributed by atoms with E-state index in [1.54, 1.807) is 0 Å². The Kier molecular flexibility index (Phi) is 2.90. The molecule has 0 bridgehead atoms. The van der Waals surface area contributed by atoms with Crippen molar-refractivity contribution in [2.24, 2.45) is 0 Å². The molecule has 0 spiro atoms. The van der Waals surface area contributed by atoms with Crippen molar-refractivity contribution in [2.45, 2.75) is 13.3 Å². The van der Waals surface area contributed by atoms with Crippen molar-refractivity contribution in [3.8, 4) is 6.07 Å². The van der Waals surface area contributed by atoms with Crippen LogP contribution in [0.25, 0.3) is 0 Å². The monoisotopic (exact) mass is 213 g/mol. The molecule has 0 N–H and O–H groups in total. The third-order valence-electron chi connectivity index (χ3n) is 1.69. The van der Waals surface area contributed by atoms with E-state index in [1.807, 2.05) is 0 Å². The number of nitriles is 1. The number of aromatic nitrogens is 1. The predicted molar refractivity (Wildman–Crippen MR) is 45.3 cm³/mol. The molecular weight excluding hydrogens is 208 g/mol. The van der Waals surface area contributed by atoms with E-state index >= 15 is 0 Å². The number of alkyl halides is 2. The van der Waals surface area contributed by atoms with Crippen LogP contribution in [0.15, 0.2) is 6.07 Å². The Morgan fingerprint density at radius 3 is 2.67 bits per heavy atom. The maximum atomic E-state index is 12.5. The Morgan fingerprint density at radius 1 is 1.67 bits per heavy atom. The lowest BCUT2D eigenvalue weighted by Crippen LogP contribution is -2.03. The van der Waals surface area contributed by atoms with E-state index in [4.69, 9.17) is 5.26 Å². The number of halogens is 2. The summed E-state index contributed by atoms with van der Waals surface area (Å²) < 4.78 is 24.9. The van der Waals surface area contributed by atoms with E-state index in [1.165, 1.54) is 13.0 Å². The molecular formula is C8H5F2N3O2. The molecule has 0 amide bonds. The van der Waals surface area contributed by atoms with E-state index in [9.17, 15) is 18.9 Å². The van der Waals surface area contributed by atoms with Gasteiger partial charge in [0.15, 0.2) is 5.69 Å². The van der Waals surface area contributed by atoms with Gasteiger partial charge in [-0.05, 0) is 6.92 Å². The fourth-order valence-electron chi connectivity index (χ4n) is 1.12. The number of pyridine rings is 1. The summed E-state index contributed by atoms with van der Waals surface area (Å²) >= 11 is 0. The molecule has 1 aromatic heterocycles. The van der Waals surface area contributed by atoms with E-state index in [0.29, 0.717) is 0 Å². The van der Waals surface area contributed by atoms with Gasteiger partial charge in [0.25, 0.3) is 12.1 Å². The van der Waals surface area contributed by atoms with E-state index in [0.717, 1.165) is 6.07 Å². The van der Waals surface area contributed by atoms with Gasteiger partial charge < -0.3 is 0 Å². The average molecular weight is 213 g/mol. The van der Waals surface area contributed by atoms with Crippen molar-refractivity contribution in [1.29, 1.82) is 5.26 Å². The lowest BCUT2D eigenvalue weighted by Gasteiger charge is -2.04. The summed E-state index contributed by atoms with van der Waals surface area (Å²) in [5.74, 6) is 0. The number of nitro groups is 1. The predicted octanol–water partition coefficient (Wildman–Crippen LogP) is 2.11. The summed E-state index contributed by atoms with van der Waals surface area (Å²) in [6.45, 7) is 1.39. The standard InChI is InChI=1S/C8H5F2N3O2/c1-4-2-6(13(14)15)7(8(9)10)5(3-11)12-4/h2,8H,1H3. The molecule has 0 fully saturated rings. The molecule has 0 saturated carbocycles. The van der Waals surface area contributed by atoms with Crippen LogP contribution in [0, 0.1) is 28.4 Å². The topological polar surface area (TPSA) is 79.8 Å². The molecule has 0 aliphatic rings. The molecule has 15 heavy (non-hydrogen) atoms. The summed E-state index contributed by atoms with van der Waals surface area (Å²) in [6, 6.07) is 2.34. The van der Waals surface area contributed by atoms with Crippen LogP contribution >= 0.6 is 0 Å². The summed E-state index contributed by atoms with van der Waals surface area (Å²) in [5, 5.41) is 19.0. The van der Waals surface area contributed by atoms with Crippen LogP contribution in [0.4, 0.5) is 14.5 Å². The molecule has 5 nitrogen and oxygen atoms in total. The molecule has 0 unspecified atom stereocenters. The molecule has 0 atom stereocenters. The van der Waals surface area contributed by atoms with E-state index < -0.39 is 28.3 Å². The molecule has 0 saturated heterocycles. The number of rotatable bonds is 2. The molecule has 7 heteroatoms. The highest BCUT2D eigenvalue weighted by Gasteiger charge is 2.27. The zero-order valence-corrected chi connectivity index (χ0v) is 7.57. The van der Waals surface area contributed by atoms with Crippen molar-refractivity contribution in [3.63, 3.8) is 0 Å². The van der Waals surface area contributed by atoms with Crippen LogP contribution in [0.2, 0.25) is 0 Å². The molecule has 1 rings (SSSR count). The van der Waals surface area contributed by atoms with Crippen LogP contribution < -0.4 is 0 Å². The van der Waals surface area contributed by atoms with Crippen molar-refractivity contribution < 1.29 is 13.7 Å². The highest BCUT2D eigenvalue weighted by atomic mass is 19.3. The summed E-state index contributed by atoms with van der Waals surface area (Å²) in [7, 11) is 0. The van der Waals surface area contributed by atoms with Crippen LogP contribution in [0.5, 0.6) is 0 Å². The average Bonchev–Trinajstić information content (AvgIpc) is 2.15. The number of aryl methyl sites for hydroxylation is 1. The molecule has 0 aliphatic heterocycles. The number of hydrogen-bond acceptors (Lipinski definition) is 4. The van der Waals surface area contributed by atoms with Crippen LogP contribution in [0.3, 0.4) is 0 Å². The zero-order chi connectivity index (χ0) is 11.6. The number of hydrogen-bond donors (Lipinski definition) is 0. The molecule has 0 aromatic carbocycles. The number of nitrogens with zero attached hydrogens (tertiary/aromatic N) is 3. The van der Waals surface area contributed by atoms with Gasteiger partial charge in [-0.3, -0.25) is 10.1 Å². The summed E-state index contributed by atoms with van der Waals surface area (Å²) in [4.78, 5) is 13.0. The van der Waals surface area contributed by atoms with Gasteiger partial charge in [0.1, 0.15) is 11.6 Å². The SMILES string of the molecule is Cc1cc([N+](=O)[O-])c(C(F)F)c(C#N)n1. The first-order valence-electron chi connectivity index (χ1n) is 3.81. The maximum absolute atomic E-state index is 12.5. The fraction of sp³-hybridized carbons (Fsp3) is 0.250. The van der Waals surface area contributed by atoms with Gasteiger partial charge in [-0.15, -0.1) is 0 Å². The first kappa shape index (κ1) is 11.0. The molecule has 1 aromatic rings. The Morgan fingerprint density at radius 2 is 2.27 bits per heavy atom. The Bertz CT molecular complexity index is 454. The second-order valence-corrected chi connectivity index (χ2v) is 2.71. The molecule has 1 heterocycles. The summed E-state index contributed by atoms with van der Waals surface area (Å²) in [5.41, 5.74) is -2.14. The third-order valence-corrected chi connectivity index (χ3v) is 1.69. The second kappa shape index (κ2) is 3.96. The summed E-state index contributed by atoms with van der Waals surface area (Å²) in [6.07, 6.45) is -3.09. The fourth-order valence-corrected chi connectivity index (χ4v) is 1.12. The quantitative estimate of drug-likeness (QED) is 0.556. The van der Waals surface area contributed by atoms with Gasteiger partial charge in [-0.1, -0.05) is 0 Å². The molecule has 0 radical (unpaired) electrons. The first-order valence-corrected chi connectivity index (χ1v) is 3.81. The van der Waals surface area contributed by atoms with Crippen molar-refractivity contribution in [1.82, 2.24) is 4.98 Å². The Hall–Kier alpha value is -2.10. The minimum Gasteiger partial charge on any atom is -0.258 e. The Labute approximate surface area is 83.1 Å². The van der Waals surface area contributed by atoms with Gasteiger partial charge in [0.05, 0.1) is 4.92 Å². The third kappa shape index (κ3) is 2.04. The highest BCUT2D eigenvalue weighted by molar-refractivity contribution is 5.49. The Balaban J connectivity index is 3.56. The largest absolute Gasteiger partial charge is 0.283 e. The van der Waals surface area contributed by atoms with Crippen LogP contribution in [0.1, 0.15) is 23.4 Å². The van der Waals surface area contributed by atoms with Gasteiger partial charge in [0, 0.05) is 11.8 Å². The van der Waals surface area contributed by atoms with Crippen LogP contribution in [-0.4, -0.2) is 9.91 Å². The minimum atomic E-state index is -3.09. The van der Waals surface area contributed by atoms with Gasteiger partial charge in [-0.2, -0.15) is 5.26 Å². The molecule has 78 valence electrons. The lowest BCUT2D eigenvalue weighted by molar-refractivity contribution is -0.386. The van der Waals surface area contributed by atoms with Crippen LogP contribution in [-0.2, 0) is 0 Å². The molecule has 0 aliphatic carbocycles. The minimum absolute atomic E-state index is 0.155. The van der Waals surface area contributed by atoms with E-state index in [2.05, 4.69) is 4.98 Å². The first-order chi connectivity index (χ1) is 6.97.